The molecule has 2 fully saturated rings. The average molecular weight is 256 g/mol. The first-order valence-electron chi connectivity index (χ1n) is 6.75. The lowest BCUT2D eigenvalue weighted by Crippen LogP contribution is -2.34. The molecule has 3 rings (SSSR count). The molecule has 2 aliphatic heterocycles. The Morgan fingerprint density at radius 1 is 1.16 bits per heavy atom. The molecule has 2 atom stereocenters. The van der Waals surface area contributed by atoms with E-state index in [1.54, 1.807) is 6.20 Å². The fourth-order valence-electron chi connectivity index (χ4n) is 3.81. The van der Waals surface area contributed by atoms with Gasteiger partial charge in [-0.15, -0.1) is 0 Å². The molecule has 100 valence electrons. The fourth-order valence-corrected chi connectivity index (χ4v) is 3.81. The van der Waals surface area contributed by atoms with E-state index >= 15 is 0 Å². The predicted octanol–water partition coefficient (Wildman–Crippen LogP) is 1.73. The minimum absolute atomic E-state index is 0.331. The summed E-state index contributed by atoms with van der Waals surface area (Å²) in [6.07, 6.45) is 1.67. The summed E-state index contributed by atoms with van der Waals surface area (Å²) >= 11 is 0. The molecule has 0 bridgehead atoms. The minimum Gasteiger partial charge on any atom is -0.355 e. The van der Waals surface area contributed by atoms with Crippen LogP contribution in [0.3, 0.4) is 0 Å². The van der Waals surface area contributed by atoms with Crippen LogP contribution in [-0.2, 0) is 0 Å². The Labute approximate surface area is 114 Å². The summed E-state index contributed by atoms with van der Waals surface area (Å²) in [6.45, 7) is 9.17. The quantitative estimate of drug-likeness (QED) is 0.767. The van der Waals surface area contributed by atoms with Gasteiger partial charge >= 0.3 is 0 Å². The number of hydrogen-bond acceptors (Lipinski definition) is 4. The number of nitrogens with zero attached hydrogens (tertiary/aromatic N) is 4. The zero-order chi connectivity index (χ0) is 13.7. The van der Waals surface area contributed by atoms with Gasteiger partial charge in [0.25, 0.3) is 0 Å². The Bertz CT molecular complexity index is 512. The second kappa shape index (κ2) is 3.94. The highest BCUT2D eigenvalue weighted by Crippen LogP contribution is 2.51. The van der Waals surface area contributed by atoms with E-state index in [0.717, 1.165) is 32.0 Å². The number of pyridine rings is 1. The molecule has 0 spiro atoms. The summed E-state index contributed by atoms with van der Waals surface area (Å²) in [5.41, 5.74) is 1.29. The summed E-state index contributed by atoms with van der Waals surface area (Å²) in [7, 11) is 2.21. The summed E-state index contributed by atoms with van der Waals surface area (Å²) in [5.74, 6) is 0.999. The van der Waals surface area contributed by atoms with Crippen LogP contribution < -0.4 is 4.90 Å². The van der Waals surface area contributed by atoms with E-state index in [1.165, 1.54) is 0 Å². The lowest BCUT2D eigenvalue weighted by Gasteiger charge is -2.30. The van der Waals surface area contributed by atoms with Crippen molar-refractivity contribution in [3.8, 4) is 6.07 Å². The maximum atomic E-state index is 8.83. The van der Waals surface area contributed by atoms with Crippen molar-refractivity contribution >= 4 is 5.82 Å². The summed E-state index contributed by atoms with van der Waals surface area (Å²) in [6, 6.07) is 5.94. The van der Waals surface area contributed by atoms with Crippen molar-refractivity contribution in [2.45, 2.75) is 13.8 Å². The number of rotatable bonds is 1. The molecule has 19 heavy (non-hydrogen) atoms. The minimum atomic E-state index is 0.331. The van der Waals surface area contributed by atoms with Crippen LogP contribution in [0.1, 0.15) is 19.4 Å². The second-order valence-corrected chi connectivity index (χ2v) is 6.67. The van der Waals surface area contributed by atoms with Crippen molar-refractivity contribution in [1.82, 2.24) is 9.88 Å². The van der Waals surface area contributed by atoms with Crippen LogP contribution >= 0.6 is 0 Å². The SMILES string of the molecule is CN1CC2(C)CN(c3ccc(C#N)cn3)CC2(C)C1. The molecule has 0 radical (unpaired) electrons. The van der Waals surface area contributed by atoms with Crippen molar-refractivity contribution in [2.75, 3.05) is 38.1 Å². The molecule has 0 amide bonds. The molecule has 4 nitrogen and oxygen atoms in total. The third kappa shape index (κ3) is 1.81. The molecule has 1 aromatic rings. The largest absolute Gasteiger partial charge is 0.355 e. The molecule has 2 unspecified atom stereocenters. The molecule has 3 heterocycles. The molecule has 0 saturated carbocycles. The standard InChI is InChI=1S/C15H20N4/c1-14-8-18(3)9-15(14,2)11-19(10-14)13-5-4-12(6-16)7-17-13/h4-5,7H,8-11H2,1-3H3. The van der Waals surface area contributed by atoms with E-state index < -0.39 is 0 Å². The first-order chi connectivity index (χ1) is 8.96. The predicted molar refractivity (Wildman–Crippen MR) is 74.9 cm³/mol. The summed E-state index contributed by atoms with van der Waals surface area (Å²) in [4.78, 5) is 9.23. The number of anilines is 1. The summed E-state index contributed by atoms with van der Waals surface area (Å²) in [5, 5.41) is 8.83. The fraction of sp³-hybridized carbons (Fsp3) is 0.600. The number of aromatic nitrogens is 1. The Kier molecular flexibility index (Phi) is 2.58. The Hall–Kier alpha value is -1.60. The van der Waals surface area contributed by atoms with Crippen molar-refractivity contribution < 1.29 is 0 Å². The number of likely N-dealkylation sites (tertiary alicyclic amines) is 1. The normalized spacial score (nSPS) is 34.3. The maximum Gasteiger partial charge on any atom is 0.128 e. The van der Waals surface area contributed by atoms with Crippen LogP contribution in [0.5, 0.6) is 0 Å². The Morgan fingerprint density at radius 2 is 1.79 bits per heavy atom. The third-order valence-electron chi connectivity index (χ3n) is 4.98. The molecule has 0 N–H and O–H groups in total. The van der Waals surface area contributed by atoms with Crippen LogP contribution in [0.25, 0.3) is 0 Å². The van der Waals surface area contributed by atoms with Gasteiger partial charge in [0.15, 0.2) is 0 Å². The van der Waals surface area contributed by atoms with Gasteiger partial charge in [0.2, 0.25) is 0 Å². The Morgan fingerprint density at radius 3 is 2.26 bits per heavy atom. The van der Waals surface area contributed by atoms with E-state index in [4.69, 9.17) is 5.26 Å². The van der Waals surface area contributed by atoms with Crippen molar-refractivity contribution in [1.29, 1.82) is 5.26 Å². The highest BCUT2D eigenvalue weighted by atomic mass is 15.3. The average Bonchev–Trinajstić information content (AvgIpc) is 2.72. The lowest BCUT2D eigenvalue weighted by atomic mass is 9.71. The van der Waals surface area contributed by atoms with Gasteiger partial charge in [0.05, 0.1) is 5.56 Å². The second-order valence-electron chi connectivity index (χ2n) is 6.67. The van der Waals surface area contributed by atoms with Gasteiger partial charge in [0.1, 0.15) is 11.9 Å². The first-order valence-corrected chi connectivity index (χ1v) is 6.75. The molecule has 4 heteroatoms. The first kappa shape index (κ1) is 12.4. The van der Waals surface area contributed by atoms with Gasteiger partial charge in [-0.1, -0.05) is 13.8 Å². The molecular weight excluding hydrogens is 236 g/mol. The monoisotopic (exact) mass is 256 g/mol. The van der Waals surface area contributed by atoms with Gasteiger partial charge in [0, 0.05) is 43.2 Å². The molecule has 0 aliphatic carbocycles. The third-order valence-corrected chi connectivity index (χ3v) is 4.98. The van der Waals surface area contributed by atoms with E-state index in [9.17, 15) is 0 Å². The van der Waals surface area contributed by atoms with Crippen LogP contribution in [0.2, 0.25) is 0 Å². The topological polar surface area (TPSA) is 43.2 Å². The van der Waals surface area contributed by atoms with Crippen molar-refractivity contribution in [3.63, 3.8) is 0 Å². The zero-order valence-electron chi connectivity index (χ0n) is 11.8. The highest BCUT2D eigenvalue weighted by molar-refractivity contribution is 5.45. The maximum absolute atomic E-state index is 8.83. The molecule has 2 saturated heterocycles. The molecule has 0 aromatic carbocycles. The number of fused-ring (bicyclic) bond motifs is 1. The number of nitriles is 1. The summed E-state index contributed by atoms with van der Waals surface area (Å²) < 4.78 is 0. The van der Waals surface area contributed by atoms with Gasteiger partial charge in [-0.2, -0.15) is 5.26 Å². The van der Waals surface area contributed by atoms with E-state index in [1.807, 2.05) is 12.1 Å². The van der Waals surface area contributed by atoms with Gasteiger partial charge in [-0.25, -0.2) is 4.98 Å². The molecular formula is C15H20N4. The molecule has 1 aromatic heterocycles. The van der Waals surface area contributed by atoms with E-state index in [-0.39, 0.29) is 0 Å². The highest BCUT2D eigenvalue weighted by Gasteiger charge is 2.56. The smallest absolute Gasteiger partial charge is 0.128 e. The Balaban J connectivity index is 1.85. The van der Waals surface area contributed by atoms with Crippen LogP contribution in [0.4, 0.5) is 5.82 Å². The zero-order valence-corrected chi connectivity index (χ0v) is 11.8. The van der Waals surface area contributed by atoms with Crippen molar-refractivity contribution in [2.24, 2.45) is 10.8 Å². The number of hydrogen-bond donors (Lipinski definition) is 0. The van der Waals surface area contributed by atoms with Gasteiger partial charge in [-0.05, 0) is 19.2 Å². The van der Waals surface area contributed by atoms with Crippen LogP contribution in [0, 0.1) is 22.2 Å². The van der Waals surface area contributed by atoms with Crippen LogP contribution in [-0.4, -0.2) is 43.1 Å². The lowest BCUT2D eigenvalue weighted by molar-refractivity contribution is 0.212. The van der Waals surface area contributed by atoms with Gasteiger partial charge < -0.3 is 9.80 Å². The van der Waals surface area contributed by atoms with Crippen LogP contribution in [0.15, 0.2) is 18.3 Å². The van der Waals surface area contributed by atoms with E-state index in [0.29, 0.717) is 16.4 Å². The van der Waals surface area contributed by atoms with Crippen molar-refractivity contribution in [3.05, 3.63) is 23.9 Å². The molecule has 2 aliphatic rings. The van der Waals surface area contributed by atoms with E-state index in [2.05, 4.69) is 41.7 Å². The van der Waals surface area contributed by atoms with Gasteiger partial charge in [-0.3, -0.25) is 0 Å².